The second kappa shape index (κ2) is 12.6. The molecule has 13 heteroatoms. The lowest BCUT2D eigenvalue weighted by Crippen LogP contribution is -2.22. The molecule has 0 aliphatic rings. The van der Waals surface area contributed by atoms with Gasteiger partial charge in [-0.2, -0.15) is 8.78 Å². The molecule has 0 aromatic heterocycles. The summed E-state index contributed by atoms with van der Waals surface area (Å²) < 4.78 is 57.4. The van der Waals surface area contributed by atoms with E-state index in [0.717, 1.165) is 11.6 Å². The zero-order valence-electron chi connectivity index (χ0n) is 20.4. The van der Waals surface area contributed by atoms with Crippen molar-refractivity contribution in [3.8, 4) is 0 Å². The molecule has 0 heterocycles. The van der Waals surface area contributed by atoms with Crippen molar-refractivity contribution in [1.82, 2.24) is 10.2 Å². The van der Waals surface area contributed by atoms with Gasteiger partial charge in [0.2, 0.25) is 6.41 Å². The molecule has 8 nitrogen and oxygen atoms in total. The number of rotatable bonds is 11. The van der Waals surface area contributed by atoms with Crippen LogP contribution in [-0.2, 0) is 32.8 Å². The van der Waals surface area contributed by atoms with E-state index in [1.165, 1.54) is 54.6 Å². The maximum Gasteiger partial charge on any atom is 0.399 e. The van der Waals surface area contributed by atoms with Gasteiger partial charge in [-0.3, -0.25) is 9.36 Å². The minimum absolute atomic E-state index is 0.104. The van der Waals surface area contributed by atoms with Gasteiger partial charge in [-0.25, -0.2) is 9.18 Å². The number of hydrogen-bond donors (Lipinski definition) is 3. The Bertz CT molecular complexity index is 1410. The number of halogens is 4. The Hall–Kier alpha value is -3.44. The Kier molecular flexibility index (Phi) is 9.73. The monoisotopic (exact) mass is 626 g/mol. The molecule has 0 radical (unpaired) electrons. The molecule has 206 valence electrons. The molecule has 3 aromatic carbocycles. The van der Waals surface area contributed by atoms with E-state index in [2.05, 4.69) is 21.2 Å². The number of benzene rings is 3. The van der Waals surface area contributed by atoms with Gasteiger partial charge in [0.15, 0.2) is 0 Å². The molecule has 0 saturated heterocycles. The molecule has 0 spiro atoms. The highest BCUT2D eigenvalue weighted by Gasteiger charge is 2.51. The number of methoxy groups -OCH3 is 1. The van der Waals surface area contributed by atoms with E-state index >= 15 is 0 Å². The SMILES string of the molecule is COC(=O)c1ccc(/C(=C/NCc2ccc(F)cc2)N(C=O)Cc2ccc(C(F)(F)P(=O)(O)O)c(Br)c2)cc1. The quantitative estimate of drug-likeness (QED) is 0.149. The molecule has 0 bridgehead atoms. The van der Waals surface area contributed by atoms with E-state index < -0.39 is 24.8 Å². The minimum Gasteiger partial charge on any atom is -0.465 e. The van der Waals surface area contributed by atoms with Crippen LogP contribution in [0, 0.1) is 5.82 Å². The smallest absolute Gasteiger partial charge is 0.399 e. The van der Waals surface area contributed by atoms with Crippen LogP contribution in [0.4, 0.5) is 13.2 Å². The Morgan fingerprint density at radius 2 is 1.64 bits per heavy atom. The highest BCUT2D eigenvalue weighted by molar-refractivity contribution is 9.10. The van der Waals surface area contributed by atoms with Crippen molar-refractivity contribution in [2.24, 2.45) is 0 Å². The third-order valence-corrected chi connectivity index (χ3v) is 7.20. The summed E-state index contributed by atoms with van der Waals surface area (Å²) in [5, 5.41) is 3.05. The van der Waals surface area contributed by atoms with E-state index in [9.17, 15) is 27.3 Å². The number of nitrogens with one attached hydrogen (secondary N) is 1. The third kappa shape index (κ3) is 7.36. The fourth-order valence-electron chi connectivity index (χ4n) is 3.53. The summed E-state index contributed by atoms with van der Waals surface area (Å²) in [6, 6.07) is 15.3. The van der Waals surface area contributed by atoms with Gasteiger partial charge < -0.3 is 24.7 Å². The van der Waals surface area contributed by atoms with Crippen LogP contribution in [0.25, 0.3) is 5.70 Å². The fourth-order valence-corrected chi connectivity index (χ4v) is 4.87. The number of carbonyl (C=O) groups is 2. The lowest BCUT2D eigenvalue weighted by atomic mass is 10.1. The average Bonchev–Trinajstić information content (AvgIpc) is 2.90. The van der Waals surface area contributed by atoms with Crippen LogP contribution in [0.3, 0.4) is 0 Å². The summed E-state index contributed by atoms with van der Waals surface area (Å²) in [5.74, 6) is -0.936. The van der Waals surface area contributed by atoms with Crippen molar-refractivity contribution in [1.29, 1.82) is 0 Å². The summed E-state index contributed by atoms with van der Waals surface area (Å²) >= 11 is 2.94. The number of hydrogen-bond acceptors (Lipinski definition) is 5. The normalized spacial score (nSPS) is 12.1. The van der Waals surface area contributed by atoms with Gasteiger partial charge in [0, 0.05) is 22.8 Å². The van der Waals surface area contributed by atoms with Gasteiger partial charge in [0.1, 0.15) is 5.82 Å². The number of alkyl halides is 2. The van der Waals surface area contributed by atoms with Gasteiger partial charge in [-0.05, 0) is 47.0 Å². The zero-order valence-corrected chi connectivity index (χ0v) is 22.8. The predicted molar refractivity (Wildman–Crippen MR) is 141 cm³/mol. The largest absolute Gasteiger partial charge is 0.465 e. The van der Waals surface area contributed by atoms with Crippen LogP contribution >= 0.6 is 23.5 Å². The van der Waals surface area contributed by atoms with E-state index in [-0.39, 0.29) is 28.9 Å². The molecule has 0 aliphatic heterocycles. The summed E-state index contributed by atoms with van der Waals surface area (Å²) in [6.07, 6.45) is 2.06. The van der Waals surface area contributed by atoms with Crippen molar-refractivity contribution >= 4 is 41.6 Å². The summed E-state index contributed by atoms with van der Waals surface area (Å²) in [4.78, 5) is 43.4. The molecule has 0 fully saturated rings. The highest BCUT2D eigenvalue weighted by Crippen LogP contribution is 2.60. The maximum atomic E-state index is 14.2. The third-order valence-electron chi connectivity index (χ3n) is 5.57. The molecule has 3 N–H and O–H groups in total. The Labute approximate surface area is 230 Å². The molecule has 1 amide bonds. The first-order valence-electron chi connectivity index (χ1n) is 11.2. The van der Waals surface area contributed by atoms with Crippen LogP contribution in [0.5, 0.6) is 0 Å². The van der Waals surface area contributed by atoms with E-state index in [0.29, 0.717) is 23.2 Å². The van der Waals surface area contributed by atoms with E-state index in [4.69, 9.17) is 14.5 Å². The molecule has 0 atom stereocenters. The van der Waals surface area contributed by atoms with E-state index in [1.54, 1.807) is 24.3 Å². The van der Waals surface area contributed by atoms with Gasteiger partial charge in [0.25, 0.3) is 0 Å². The van der Waals surface area contributed by atoms with Crippen molar-refractivity contribution in [3.05, 3.63) is 111 Å². The minimum atomic E-state index is -5.78. The lowest BCUT2D eigenvalue weighted by Gasteiger charge is -2.23. The molecule has 0 aliphatic carbocycles. The van der Waals surface area contributed by atoms with Crippen molar-refractivity contribution in [3.63, 3.8) is 0 Å². The molecule has 0 unspecified atom stereocenters. The number of esters is 1. The Balaban J connectivity index is 1.93. The summed E-state index contributed by atoms with van der Waals surface area (Å²) in [6.45, 7) is 0.182. The molecule has 3 rings (SSSR count). The fraction of sp³-hybridized carbons (Fsp3) is 0.154. The molecule has 0 saturated carbocycles. The number of nitrogens with zero attached hydrogens (tertiary/aromatic N) is 1. The first-order valence-corrected chi connectivity index (χ1v) is 13.6. The van der Waals surface area contributed by atoms with Gasteiger partial charge in [-0.15, -0.1) is 0 Å². The predicted octanol–water partition coefficient (Wildman–Crippen LogP) is 5.35. The molecule has 3 aromatic rings. The first-order chi connectivity index (χ1) is 18.4. The Morgan fingerprint density at radius 1 is 1.05 bits per heavy atom. The Morgan fingerprint density at radius 3 is 2.18 bits per heavy atom. The standard InChI is InChI=1S/C26H23BrF3N2O6P/c1-38-25(34)20-7-5-19(6-8-20)24(14-31-13-17-2-9-21(28)10-3-17)32(16-33)15-18-4-11-22(23(27)12-18)26(29,30)39(35,36)37/h2-12,14,16,31H,13,15H2,1H3,(H2,35,36,37)/b24-14-. The summed E-state index contributed by atoms with van der Waals surface area (Å²) in [5.41, 5.74) is -3.03. The van der Waals surface area contributed by atoms with Crippen molar-refractivity contribution < 1.29 is 41.8 Å². The van der Waals surface area contributed by atoms with Gasteiger partial charge in [0.05, 0.1) is 24.9 Å². The zero-order chi connectivity index (χ0) is 28.8. The molecular weight excluding hydrogens is 604 g/mol. The number of carbonyl (C=O) groups excluding carboxylic acids is 2. The topological polar surface area (TPSA) is 116 Å². The van der Waals surface area contributed by atoms with E-state index in [1.807, 2.05) is 0 Å². The maximum absolute atomic E-state index is 14.2. The van der Waals surface area contributed by atoms with Crippen LogP contribution in [0.15, 0.2) is 77.4 Å². The van der Waals surface area contributed by atoms with Crippen molar-refractivity contribution in [2.75, 3.05) is 7.11 Å². The van der Waals surface area contributed by atoms with Gasteiger partial charge in [-0.1, -0.05) is 52.3 Å². The number of amides is 1. The molecular formula is C26H23BrF3N2O6P. The van der Waals surface area contributed by atoms with Crippen LogP contribution in [-0.4, -0.2) is 34.2 Å². The van der Waals surface area contributed by atoms with Gasteiger partial charge >= 0.3 is 19.2 Å². The van der Waals surface area contributed by atoms with Crippen LogP contribution < -0.4 is 5.32 Å². The summed E-state index contributed by atoms with van der Waals surface area (Å²) in [7, 11) is -4.53. The highest BCUT2D eigenvalue weighted by atomic mass is 79.9. The molecule has 39 heavy (non-hydrogen) atoms. The van der Waals surface area contributed by atoms with Crippen LogP contribution in [0.1, 0.15) is 32.6 Å². The average molecular weight is 627 g/mol. The van der Waals surface area contributed by atoms with Crippen LogP contribution in [0.2, 0.25) is 0 Å². The second-order valence-corrected chi connectivity index (χ2v) is 10.7. The first kappa shape index (κ1) is 30.1. The lowest BCUT2D eigenvalue weighted by molar-refractivity contribution is -0.115. The number of ether oxygens (including phenoxy) is 1. The van der Waals surface area contributed by atoms with Crippen molar-refractivity contribution in [2.45, 2.75) is 18.8 Å². The second-order valence-electron chi connectivity index (χ2n) is 8.24.